The second-order valence-corrected chi connectivity index (χ2v) is 9.04. The van der Waals surface area contributed by atoms with E-state index in [4.69, 9.17) is 4.74 Å². The molecular formula is C17H27NO2. The van der Waals surface area contributed by atoms with Crippen LogP contribution in [0.5, 0.6) is 0 Å². The standard InChI is InChI=1S/C17H27NO2/c1-15-4-12-3-13(5-15)7-17(6-12,8-15)14(19)18-9-16(2)10-20-11-16/h12-13H,3-11H2,1-2H3,(H,18,19). The van der Waals surface area contributed by atoms with Crippen LogP contribution in [0.15, 0.2) is 0 Å². The Morgan fingerprint density at radius 3 is 2.30 bits per heavy atom. The van der Waals surface area contributed by atoms with E-state index in [9.17, 15) is 4.79 Å². The Morgan fingerprint density at radius 2 is 1.80 bits per heavy atom. The number of carbonyl (C=O) groups is 1. The molecule has 20 heavy (non-hydrogen) atoms. The summed E-state index contributed by atoms with van der Waals surface area (Å²) in [7, 11) is 0. The van der Waals surface area contributed by atoms with Gasteiger partial charge in [-0.2, -0.15) is 0 Å². The average molecular weight is 277 g/mol. The lowest BCUT2D eigenvalue weighted by atomic mass is 9.44. The number of ether oxygens (including phenoxy) is 1. The summed E-state index contributed by atoms with van der Waals surface area (Å²) in [6.45, 7) is 7.01. The van der Waals surface area contributed by atoms with Crippen molar-refractivity contribution in [2.75, 3.05) is 19.8 Å². The van der Waals surface area contributed by atoms with Crippen LogP contribution >= 0.6 is 0 Å². The van der Waals surface area contributed by atoms with Crippen molar-refractivity contribution < 1.29 is 9.53 Å². The molecule has 0 radical (unpaired) electrons. The van der Waals surface area contributed by atoms with E-state index in [1.54, 1.807) is 0 Å². The minimum Gasteiger partial charge on any atom is -0.380 e. The highest BCUT2D eigenvalue weighted by atomic mass is 16.5. The van der Waals surface area contributed by atoms with Gasteiger partial charge in [0.1, 0.15) is 0 Å². The molecule has 3 nitrogen and oxygen atoms in total. The molecule has 3 heteroatoms. The first-order valence-corrected chi connectivity index (χ1v) is 8.27. The fourth-order valence-electron chi connectivity index (χ4n) is 6.02. The van der Waals surface area contributed by atoms with Crippen LogP contribution in [0.4, 0.5) is 0 Å². The van der Waals surface area contributed by atoms with Crippen molar-refractivity contribution in [3.63, 3.8) is 0 Å². The van der Waals surface area contributed by atoms with Crippen LogP contribution in [0.2, 0.25) is 0 Å². The number of amides is 1. The molecule has 5 rings (SSSR count). The van der Waals surface area contributed by atoms with Crippen LogP contribution in [-0.2, 0) is 9.53 Å². The van der Waals surface area contributed by atoms with Crippen molar-refractivity contribution in [1.82, 2.24) is 5.32 Å². The van der Waals surface area contributed by atoms with Crippen LogP contribution in [0.1, 0.15) is 52.4 Å². The number of nitrogens with one attached hydrogen (secondary N) is 1. The predicted octanol–water partition coefficient (Wildman–Crippen LogP) is 2.75. The molecule has 0 aromatic heterocycles. The Hall–Kier alpha value is -0.570. The fraction of sp³-hybridized carbons (Fsp3) is 0.941. The van der Waals surface area contributed by atoms with Crippen molar-refractivity contribution in [3.05, 3.63) is 0 Å². The van der Waals surface area contributed by atoms with E-state index in [0.29, 0.717) is 11.3 Å². The Labute approximate surface area is 121 Å². The molecule has 1 aliphatic heterocycles. The highest BCUT2D eigenvalue weighted by Gasteiger charge is 2.58. The molecule has 4 bridgehead atoms. The van der Waals surface area contributed by atoms with E-state index in [0.717, 1.165) is 50.9 Å². The SMILES string of the molecule is CC1(CNC(=O)C23CC4CC(CC(C)(C4)C2)C3)COC1. The van der Waals surface area contributed by atoms with Gasteiger partial charge in [-0.3, -0.25) is 4.79 Å². The lowest BCUT2D eigenvalue weighted by Gasteiger charge is -2.60. The maximum Gasteiger partial charge on any atom is 0.226 e. The van der Waals surface area contributed by atoms with Gasteiger partial charge in [-0.25, -0.2) is 0 Å². The van der Waals surface area contributed by atoms with Crippen molar-refractivity contribution in [2.45, 2.75) is 52.4 Å². The first-order valence-electron chi connectivity index (χ1n) is 8.27. The van der Waals surface area contributed by atoms with Crippen molar-refractivity contribution in [1.29, 1.82) is 0 Å². The lowest BCUT2D eigenvalue weighted by Crippen LogP contribution is -2.58. The van der Waals surface area contributed by atoms with Gasteiger partial charge in [0.2, 0.25) is 5.91 Å². The smallest absolute Gasteiger partial charge is 0.226 e. The number of hydrogen-bond acceptors (Lipinski definition) is 2. The van der Waals surface area contributed by atoms with Gasteiger partial charge in [-0.1, -0.05) is 13.8 Å². The van der Waals surface area contributed by atoms with Gasteiger partial charge in [-0.15, -0.1) is 0 Å². The van der Waals surface area contributed by atoms with E-state index in [2.05, 4.69) is 19.2 Å². The Balaban J connectivity index is 1.48. The van der Waals surface area contributed by atoms with Gasteiger partial charge in [-0.05, 0) is 55.8 Å². The second kappa shape index (κ2) is 4.00. The highest BCUT2D eigenvalue weighted by molar-refractivity contribution is 5.83. The molecule has 2 unspecified atom stereocenters. The summed E-state index contributed by atoms with van der Waals surface area (Å²) >= 11 is 0. The molecular weight excluding hydrogens is 250 g/mol. The third kappa shape index (κ3) is 1.93. The first kappa shape index (κ1) is 13.1. The summed E-state index contributed by atoms with van der Waals surface area (Å²) in [5.74, 6) is 1.98. The molecule has 0 aromatic rings. The maximum absolute atomic E-state index is 12.9. The topological polar surface area (TPSA) is 38.3 Å². The van der Waals surface area contributed by atoms with Crippen LogP contribution < -0.4 is 5.32 Å². The van der Waals surface area contributed by atoms with Gasteiger partial charge in [0, 0.05) is 12.0 Å². The van der Waals surface area contributed by atoms with Crippen LogP contribution in [-0.4, -0.2) is 25.7 Å². The molecule has 4 aliphatic carbocycles. The van der Waals surface area contributed by atoms with Gasteiger partial charge in [0.05, 0.1) is 18.6 Å². The average Bonchev–Trinajstić information content (AvgIpc) is 2.30. The molecule has 4 saturated carbocycles. The number of carbonyl (C=O) groups excluding carboxylic acids is 1. The van der Waals surface area contributed by atoms with Crippen LogP contribution in [0.25, 0.3) is 0 Å². The quantitative estimate of drug-likeness (QED) is 0.861. The minimum absolute atomic E-state index is 0.0280. The van der Waals surface area contributed by atoms with E-state index in [-0.39, 0.29) is 10.8 Å². The summed E-state index contributed by atoms with van der Waals surface area (Å²) < 4.78 is 5.28. The molecule has 0 spiro atoms. The van der Waals surface area contributed by atoms with Gasteiger partial charge < -0.3 is 10.1 Å². The Morgan fingerprint density at radius 1 is 1.15 bits per heavy atom. The Kier molecular flexibility index (Phi) is 2.62. The molecule has 112 valence electrons. The van der Waals surface area contributed by atoms with Gasteiger partial charge in [0.25, 0.3) is 0 Å². The molecule has 1 N–H and O–H groups in total. The zero-order valence-electron chi connectivity index (χ0n) is 12.8. The monoisotopic (exact) mass is 277 g/mol. The zero-order chi connectivity index (χ0) is 14.0. The van der Waals surface area contributed by atoms with E-state index < -0.39 is 0 Å². The maximum atomic E-state index is 12.9. The molecule has 1 amide bonds. The summed E-state index contributed by atoms with van der Waals surface area (Å²) in [5, 5.41) is 3.28. The fourth-order valence-corrected chi connectivity index (χ4v) is 6.02. The molecule has 0 aromatic carbocycles. The van der Waals surface area contributed by atoms with Gasteiger partial charge in [0.15, 0.2) is 0 Å². The molecule has 5 fully saturated rings. The summed E-state index contributed by atoms with van der Waals surface area (Å²) in [6, 6.07) is 0. The summed E-state index contributed by atoms with van der Waals surface area (Å²) in [6.07, 6.45) is 7.55. The van der Waals surface area contributed by atoms with Crippen molar-refractivity contribution in [2.24, 2.45) is 28.1 Å². The van der Waals surface area contributed by atoms with E-state index in [1.165, 1.54) is 19.3 Å². The third-order valence-electron chi connectivity index (χ3n) is 6.41. The largest absolute Gasteiger partial charge is 0.380 e. The number of rotatable bonds is 3. The molecule has 1 heterocycles. The van der Waals surface area contributed by atoms with Crippen LogP contribution in [0, 0.1) is 28.1 Å². The van der Waals surface area contributed by atoms with E-state index in [1.807, 2.05) is 0 Å². The minimum atomic E-state index is -0.0280. The van der Waals surface area contributed by atoms with Gasteiger partial charge >= 0.3 is 0 Å². The third-order valence-corrected chi connectivity index (χ3v) is 6.41. The second-order valence-electron chi connectivity index (χ2n) is 9.04. The number of hydrogen-bond donors (Lipinski definition) is 1. The predicted molar refractivity (Wildman–Crippen MR) is 77.2 cm³/mol. The molecule has 1 saturated heterocycles. The normalized spacial score (nSPS) is 47.9. The molecule has 5 aliphatic rings. The molecule has 2 atom stereocenters. The van der Waals surface area contributed by atoms with E-state index >= 15 is 0 Å². The Bertz CT molecular complexity index is 426. The summed E-state index contributed by atoms with van der Waals surface area (Å²) in [5.41, 5.74) is 0.604. The zero-order valence-corrected chi connectivity index (χ0v) is 12.8. The van der Waals surface area contributed by atoms with Crippen molar-refractivity contribution >= 4 is 5.91 Å². The lowest BCUT2D eigenvalue weighted by molar-refractivity contribution is -0.158. The van der Waals surface area contributed by atoms with Crippen molar-refractivity contribution in [3.8, 4) is 0 Å². The first-order chi connectivity index (χ1) is 9.41. The van der Waals surface area contributed by atoms with Crippen LogP contribution in [0.3, 0.4) is 0 Å². The highest BCUT2D eigenvalue weighted by Crippen LogP contribution is 2.65. The summed E-state index contributed by atoms with van der Waals surface area (Å²) in [4.78, 5) is 12.9.